The molecule has 1 aliphatic carbocycles. The van der Waals surface area contributed by atoms with Crippen LogP contribution in [0.1, 0.15) is 26.2 Å². The summed E-state index contributed by atoms with van der Waals surface area (Å²) >= 11 is 1.51. The van der Waals surface area contributed by atoms with E-state index in [1.54, 1.807) is 0 Å². The van der Waals surface area contributed by atoms with Gasteiger partial charge in [-0.15, -0.1) is 0 Å². The van der Waals surface area contributed by atoms with Crippen LogP contribution >= 0.6 is 11.5 Å². The summed E-state index contributed by atoms with van der Waals surface area (Å²) in [5.74, 6) is 0.824. The fraction of sp³-hybridized carbons (Fsp3) is 0.667. The summed E-state index contributed by atoms with van der Waals surface area (Å²) in [5.41, 5.74) is 1.19. The first-order valence-electron chi connectivity index (χ1n) is 4.52. The van der Waals surface area contributed by atoms with Gasteiger partial charge < -0.3 is 5.32 Å². The lowest BCUT2D eigenvalue weighted by Crippen LogP contribution is -2.21. The summed E-state index contributed by atoms with van der Waals surface area (Å²) in [6.45, 7) is 2.32. The van der Waals surface area contributed by atoms with Crippen LogP contribution in [-0.4, -0.2) is 10.4 Å². The second-order valence-corrected chi connectivity index (χ2v) is 4.23. The molecule has 1 aliphatic rings. The fourth-order valence-electron chi connectivity index (χ4n) is 1.85. The first-order chi connectivity index (χ1) is 5.86. The molecule has 0 aliphatic heterocycles. The summed E-state index contributed by atoms with van der Waals surface area (Å²) in [6.07, 6.45) is 5.97. The lowest BCUT2D eigenvalue weighted by Gasteiger charge is -2.16. The van der Waals surface area contributed by atoms with Gasteiger partial charge in [0.15, 0.2) is 0 Å². The van der Waals surface area contributed by atoms with Gasteiger partial charge in [-0.3, -0.25) is 0 Å². The van der Waals surface area contributed by atoms with E-state index in [0.29, 0.717) is 6.04 Å². The van der Waals surface area contributed by atoms with Crippen molar-refractivity contribution in [2.45, 2.75) is 32.2 Å². The van der Waals surface area contributed by atoms with Gasteiger partial charge >= 0.3 is 0 Å². The third-order valence-corrected chi connectivity index (χ3v) is 3.23. The molecule has 0 spiro atoms. The Balaban J connectivity index is 1.95. The molecule has 1 aromatic rings. The Morgan fingerprint density at radius 3 is 3.08 bits per heavy atom. The molecule has 2 nitrogen and oxygen atoms in total. The predicted molar refractivity (Wildman–Crippen MR) is 52.5 cm³/mol. The SMILES string of the molecule is CC1CCCC1Nc1cnsc1. The second-order valence-electron chi connectivity index (χ2n) is 3.57. The van der Waals surface area contributed by atoms with Crippen molar-refractivity contribution >= 4 is 17.2 Å². The highest BCUT2D eigenvalue weighted by Gasteiger charge is 2.22. The number of nitrogens with zero attached hydrogens (tertiary/aromatic N) is 1. The maximum absolute atomic E-state index is 4.07. The molecule has 0 radical (unpaired) electrons. The molecule has 1 saturated carbocycles. The molecule has 2 unspecified atom stereocenters. The minimum Gasteiger partial charge on any atom is -0.380 e. The molecule has 2 rings (SSSR count). The van der Waals surface area contributed by atoms with Crippen LogP contribution in [0.4, 0.5) is 5.69 Å². The minimum atomic E-state index is 0.682. The molecule has 0 aromatic carbocycles. The van der Waals surface area contributed by atoms with E-state index >= 15 is 0 Å². The number of hydrogen-bond donors (Lipinski definition) is 1. The maximum atomic E-state index is 4.07. The van der Waals surface area contributed by atoms with Crippen LogP contribution in [0.2, 0.25) is 0 Å². The zero-order chi connectivity index (χ0) is 8.39. The smallest absolute Gasteiger partial charge is 0.0655 e. The van der Waals surface area contributed by atoms with Gasteiger partial charge in [-0.1, -0.05) is 13.3 Å². The van der Waals surface area contributed by atoms with Crippen LogP contribution in [0.5, 0.6) is 0 Å². The predicted octanol–water partition coefficient (Wildman–Crippen LogP) is 2.74. The molecule has 12 heavy (non-hydrogen) atoms. The van der Waals surface area contributed by atoms with E-state index < -0.39 is 0 Å². The van der Waals surface area contributed by atoms with E-state index in [2.05, 4.69) is 22.0 Å². The highest BCUT2D eigenvalue weighted by Crippen LogP contribution is 2.27. The number of anilines is 1. The lowest BCUT2D eigenvalue weighted by molar-refractivity contribution is 0.556. The summed E-state index contributed by atoms with van der Waals surface area (Å²) in [4.78, 5) is 0. The van der Waals surface area contributed by atoms with Crippen molar-refractivity contribution in [1.29, 1.82) is 0 Å². The standard InChI is InChI=1S/C9H14N2S/c1-7-3-2-4-9(7)11-8-5-10-12-6-8/h5-7,9,11H,2-4H2,1H3. The molecule has 3 heteroatoms. The van der Waals surface area contributed by atoms with Crippen molar-refractivity contribution in [1.82, 2.24) is 4.37 Å². The average molecular weight is 182 g/mol. The van der Waals surface area contributed by atoms with Gasteiger partial charge in [-0.05, 0) is 30.3 Å². The quantitative estimate of drug-likeness (QED) is 0.760. The van der Waals surface area contributed by atoms with Crippen LogP contribution < -0.4 is 5.32 Å². The van der Waals surface area contributed by atoms with Crippen LogP contribution in [0, 0.1) is 5.92 Å². The van der Waals surface area contributed by atoms with Crippen molar-refractivity contribution < 1.29 is 0 Å². The van der Waals surface area contributed by atoms with Crippen molar-refractivity contribution in [2.24, 2.45) is 5.92 Å². The van der Waals surface area contributed by atoms with E-state index in [-0.39, 0.29) is 0 Å². The molecule has 1 N–H and O–H groups in total. The van der Waals surface area contributed by atoms with Crippen molar-refractivity contribution in [3.63, 3.8) is 0 Å². The van der Waals surface area contributed by atoms with Gasteiger partial charge in [0.05, 0.1) is 11.9 Å². The van der Waals surface area contributed by atoms with Crippen LogP contribution in [0.25, 0.3) is 0 Å². The topological polar surface area (TPSA) is 24.9 Å². The number of nitrogens with one attached hydrogen (secondary N) is 1. The van der Waals surface area contributed by atoms with Crippen molar-refractivity contribution in [3.8, 4) is 0 Å². The van der Waals surface area contributed by atoms with Gasteiger partial charge in [-0.2, -0.15) is 4.37 Å². The molecule has 66 valence electrons. The Hall–Kier alpha value is -0.570. The van der Waals surface area contributed by atoms with Crippen LogP contribution in [0.3, 0.4) is 0 Å². The monoisotopic (exact) mass is 182 g/mol. The van der Waals surface area contributed by atoms with Crippen molar-refractivity contribution in [3.05, 3.63) is 11.6 Å². The first kappa shape index (κ1) is 8.05. The average Bonchev–Trinajstić information content (AvgIpc) is 2.65. The third-order valence-electron chi connectivity index (χ3n) is 2.65. The maximum Gasteiger partial charge on any atom is 0.0655 e. The first-order valence-corrected chi connectivity index (χ1v) is 5.36. The summed E-state index contributed by atoms with van der Waals surface area (Å²) in [5, 5.41) is 5.59. The Labute approximate surface area is 77.2 Å². The zero-order valence-corrected chi connectivity index (χ0v) is 8.10. The number of rotatable bonds is 2. The molecule has 0 amide bonds. The van der Waals surface area contributed by atoms with E-state index in [0.717, 1.165) is 5.92 Å². The summed E-state index contributed by atoms with van der Waals surface area (Å²) in [6, 6.07) is 0.682. The zero-order valence-electron chi connectivity index (χ0n) is 7.29. The van der Waals surface area contributed by atoms with E-state index in [4.69, 9.17) is 0 Å². The lowest BCUT2D eigenvalue weighted by atomic mass is 10.1. The molecule has 2 atom stereocenters. The fourth-order valence-corrected chi connectivity index (χ4v) is 2.33. The van der Waals surface area contributed by atoms with Crippen LogP contribution in [-0.2, 0) is 0 Å². The Kier molecular flexibility index (Phi) is 2.30. The van der Waals surface area contributed by atoms with E-state index in [1.165, 1.54) is 36.5 Å². The van der Waals surface area contributed by atoms with E-state index in [1.807, 2.05) is 6.20 Å². The number of hydrogen-bond acceptors (Lipinski definition) is 3. The summed E-state index contributed by atoms with van der Waals surface area (Å²) < 4.78 is 4.07. The molecule has 0 saturated heterocycles. The highest BCUT2D eigenvalue weighted by molar-refractivity contribution is 7.04. The van der Waals surface area contributed by atoms with Gasteiger partial charge in [0, 0.05) is 11.4 Å². The highest BCUT2D eigenvalue weighted by atomic mass is 32.1. The van der Waals surface area contributed by atoms with E-state index in [9.17, 15) is 0 Å². The van der Waals surface area contributed by atoms with Gasteiger partial charge in [-0.25, -0.2) is 0 Å². The van der Waals surface area contributed by atoms with Crippen molar-refractivity contribution in [2.75, 3.05) is 5.32 Å². The third kappa shape index (κ3) is 1.61. The Bertz CT molecular complexity index is 233. The molecular weight excluding hydrogens is 168 g/mol. The second kappa shape index (κ2) is 3.44. The molecular formula is C9H14N2S. The molecule has 0 bridgehead atoms. The van der Waals surface area contributed by atoms with Crippen LogP contribution in [0.15, 0.2) is 11.6 Å². The summed E-state index contributed by atoms with van der Waals surface area (Å²) in [7, 11) is 0. The van der Waals surface area contributed by atoms with Gasteiger partial charge in [0.1, 0.15) is 0 Å². The minimum absolute atomic E-state index is 0.682. The van der Waals surface area contributed by atoms with Gasteiger partial charge in [0.25, 0.3) is 0 Å². The largest absolute Gasteiger partial charge is 0.380 e. The molecule has 1 heterocycles. The Morgan fingerprint density at radius 2 is 2.50 bits per heavy atom. The van der Waals surface area contributed by atoms with Gasteiger partial charge in [0.2, 0.25) is 0 Å². The number of aromatic nitrogens is 1. The molecule has 1 aromatic heterocycles. The molecule has 1 fully saturated rings. The Morgan fingerprint density at radius 1 is 1.58 bits per heavy atom. The normalized spacial score (nSPS) is 29.1.